The van der Waals surface area contributed by atoms with Gasteiger partial charge in [0.05, 0.1) is 19.6 Å². The number of para-hydroxylation sites is 1. The maximum Gasteiger partial charge on any atom is 0.227 e. The second kappa shape index (κ2) is 8.25. The number of amides is 2. The summed E-state index contributed by atoms with van der Waals surface area (Å²) in [6.07, 6.45) is 0.289. The smallest absolute Gasteiger partial charge is 0.227 e. The van der Waals surface area contributed by atoms with E-state index in [0.717, 1.165) is 16.9 Å². The van der Waals surface area contributed by atoms with Crippen molar-refractivity contribution in [1.82, 2.24) is 10.2 Å². The Morgan fingerprint density at radius 2 is 1.81 bits per heavy atom. The molecule has 1 N–H and O–H groups in total. The first-order valence-electron chi connectivity index (χ1n) is 9.21. The standard InChI is InChI=1S/C22H26N2O3/c1-15-8-10-17(11-9-15)19-13-24(14-20(19)23-16(2)25)22(26)12-18-6-4-5-7-21(18)27-3/h4-11,19-20H,12-14H2,1-3H3,(H,23,25)/t19-,20+/m0/s1. The summed E-state index contributed by atoms with van der Waals surface area (Å²) in [6.45, 7) is 4.69. The molecule has 5 nitrogen and oxygen atoms in total. The van der Waals surface area contributed by atoms with Crippen LogP contribution in [0.2, 0.25) is 0 Å². The van der Waals surface area contributed by atoms with Crippen molar-refractivity contribution in [3.8, 4) is 5.75 Å². The Bertz CT molecular complexity index is 817. The molecule has 1 fully saturated rings. The molecule has 2 aromatic carbocycles. The molecule has 142 valence electrons. The van der Waals surface area contributed by atoms with Gasteiger partial charge in [-0.1, -0.05) is 48.0 Å². The van der Waals surface area contributed by atoms with Gasteiger partial charge in [-0.3, -0.25) is 9.59 Å². The molecular formula is C22H26N2O3. The molecule has 3 rings (SSSR count). The second-order valence-electron chi connectivity index (χ2n) is 7.11. The van der Waals surface area contributed by atoms with Crippen LogP contribution in [0.25, 0.3) is 0 Å². The summed E-state index contributed by atoms with van der Waals surface area (Å²) in [4.78, 5) is 26.4. The summed E-state index contributed by atoms with van der Waals surface area (Å²) in [5.74, 6) is 0.787. The number of carbonyl (C=O) groups is 2. The number of carbonyl (C=O) groups excluding carboxylic acids is 2. The number of likely N-dealkylation sites (tertiary alicyclic amines) is 1. The van der Waals surface area contributed by atoms with E-state index < -0.39 is 0 Å². The Morgan fingerprint density at radius 3 is 2.48 bits per heavy atom. The van der Waals surface area contributed by atoms with E-state index >= 15 is 0 Å². The van der Waals surface area contributed by atoms with Gasteiger partial charge in [0, 0.05) is 31.5 Å². The van der Waals surface area contributed by atoms with Crippen molar-refractivity contribution in [2.75, 3.05) is 20.2 Å². The average Bonchev–Trinajstić information content (AvgIpc) is 3.06. The number of hydrogen-bond acceptors (Lipinski definition) is 3. The zero-order valence-electron chi connectivity index (χ0n) is 16.1. The molecule has 0 aromatic heterocycles. The van der Waals surface area contributed by atoms with Crippen molar-refractivity contribution < 1.29 is 14.3 Å². The Labute approximate surface area is 160 Å². The maximum atomic E-state index is 12.9. The molecule has 0 saturated carbocycles. The number of nitrogens with zero attached hydrogens (tertiary/aromatic N) is 1. The predicted molar refractivity (Wildman–Crippen MR) is 105 cm³/mol. The topological polar surface area (TPSA) is 58.6 Å². The quantitative estimate of drug-likeness (QED) is 0.885. The van der Waals surface area contributed by atoms with Crippen LogP contribution in [0.1, 0.15) is 29.5 Å². The molecule has 2 amide bonds. The van der Waals surface area contributed by atoms with Gasteiger partial charge in [0.2, 0.25) is 11.8 Å². The van der Waals surface area contributed by atoms with E-state index in [1.807, 2.05) is 36.1 Å². The Balaban J connectivity index is 1.77. The van der Waals surface area contributed by atoms with E-state index in [-0.39, 0.29) is 30.2 Å². The molecule has 1 saturated heterocycles. The molecule has 27 heavy (non-hydrogen) atoms. The molecule has 5 heteroatoms. The zero-order valence-corrected chi connectivity index (χ0v) is 16.1. The molecule has 0 bridgehead atoms. The molecule has 1 aliphatic heterocycles. The van der Waals surface area contributed by atoms with Crippen molar-refractivity contribution in [3.05, 3.63) is 65.2 Å². The van der Waals surface area contributed by atoms with E-state index in [0.29, 0.717) is 13.1 Å². The van der Waals surface area contributed by atoms with E-state index in [1.165, 1.54) is 12.5 Å². The lowest BCUT2D eigenvalue weighted by molar-refractivity contribution is -0.129. The van der Waals surface area contributed by atoms with E-state index in [4.69, 9.17) is 4.74 Å². The highest BCUT2D eigenvalue weighted by Crippen LogP contribution is 2.29. The first-order valence-corrected chi connectivity index (χ1v) is 9.21. The summed E-state index contributed by atoms with van der Waals surface area (Å²) in [6, 6.07) is 15.8. The van der Waals surface area contributed by atoms with Gasteiger partial charge in [-0.15, -0.1) is 0 Å². The fraction of sp³-hybridized carbons (Fsp3) is 0.364. The molecule has 2 atom stereocenters. The van der Waals surface area contributed by atoms with Crippen LogP contribution in [0.15, 0.2) is 48.5 Å². The SMILES string of the molecule is COc1ccccc1CC(=O)N1C[C@@H](NC(C)=O)[C@H](c2ccc(C)cc2)C1. The highest BCUT2D eigenvalue weighted by atomic mass is 16.5. The Morgan fingerprint density at radius 1 is 1.11 bits per heavy atom. The summed E-state index contributed by atoms with van der Waals surface area (Å²) in [5, 5.41) is 3.02. The summed E-state index contributed by atoms with van der Waals surface area (Å²) >= 11 is 0. The maximum absolute atomic E-state index is 12.9. The second-order valence-corrected chi connectivity index (χ2v) is 7.11. The van der Waals surface area contributed by atoms with E-state index in [2.05, 4.69) is 29.6 Å². The number of ether oxygens (including phenoxy) is 1. The summed E-state index contributed by atoms with van der Waals surface area (Å²) in [7, 11) is 1.61. The van der Waals surface area contributed by atoms with Gasteiger partial charge in [0.15, 0.2) is 0 Å². The number of aryl methyl sites for hydroxylation is 1. The highest BCUT2D eigenvalue weighted by Gasteiger charge is 2.36. The first-order chi connectivity index (χ1) is 13.0. The van der Waals surface area contributed by atoms with Gasteiger partial charge in [-0.2, -0.15) is 0 Å². The van der Waals surface area contributed by atoms with Gasteiger partial charge >= 0.3 is 0 Å². The van der Waals surface area contributed by atoms with Crippen LogP contribution >= 0.6 is 0 Å². The van der Waals surface area contributed by atoms with Gasteiger partial charge in [0.1, 0.15) is 5.75 Å². The molecule has 2 aromatic rings. The van der Waals surface area contributed by atoms with Crippen molar-refractivity contribution in [2.24, 2.45) is 0 Å². The van der Waals surface area contributed by atoms with Gasteiger partial charge in [0.25, 0.3) is 0 Å². The normalized spacial score (nSPS) is 19.0. The summed E-state index contributed by atoms with van der Waals surface area (Å²) < 4.78 is 5.36. The number of methoxy groups -OCH3 is 1. The average molecular weight is 366 g/mol. The molecule has 0 spiro atoms. The number of benzene rings is 2. The van der Waals surface area contributed by atoms with Crippen molar-refractivity contribution in [1.29, 1.82) is 0 Å². The van der Waals surface area contributed by atoms with Gasteiger partial charge in [-0.25, -0.2) is 0 Å². The molecule has 0 radical (unpaired) electrons. The third kappa shape index (κ3) is 4.48. The molecule has 0 aliphatic carbocycles. The predicted octanol–water partition coefficient (Wildman–Crippen LogP) is 2.68. The van der Waals surface area contributed by atoms with E-state index in [9.17, 15) is 9.59 Å². The third-order valence-corrected chi connectivity index (χ3v) is 5.10. The Hall–Kier alpha value is -2.82. The van der Waals surface area contributed by atoms with Crippen LogP contribution in [0.3, 0.4) is 0 Å². The number of nitrogens with one attached hydrogen (secondary N) is 1. The van der Waals surface area contributed by atoms with Crippen LogP contribution in [0.4, 0.5) is 0 Å². The van der Waals surface area contributed by atoms with Crippen LogP contribution in [-0.2, 0) is 16.0 Å². The molecular weight excluding hydrogens is 340 g/mol. The molecule has 1 aliphatic rings. The minimum absolute atomic E-state index is 0.0458. The van der Waals surface area contributed by atoms with Gasteiger partial charge < -0.3 is 15.0 Å². The van der Waals surface area contributed by atoms with Crippen LogP contribution in [-0.4, -0.2) is 43.0 Å². The van der Waals surface area contributed by atoms with Crippen LogP contribution in [0.5, 0.6) is 5.75 Å². The lowest BCUT2D eigenvalue weighted by atomic mass is 9.93. The third-order valence-electron chi connectivity index (χ3n) is 5.10. The van der Waals surface area contributed by atoms with Crippen molar-refractivity contribution in [3.63, 3.8) is 0 Å². The lowest BCUT2D eigenvalue weighted by Crippen LogP contribution is -2.39. The fourth-order valence-corrected chi connectivity index (χ4v) is 3.69. The fourth-order valence-electron chi connectivity index (χ4n) is 3.69. The number of hydrogen-bond donors (Lipinski definition) is 1. The van der Waals surface area contributed by atoms with Crippen LogP contribution < -0.4 is 10.1 Å². The zero-order chi connectivity index (χ0) is 19.4. The first kappa shape index (κ1) is 19.0. The lowest BCUT2D eigenvalue weighted by Gasteiger charge is -2.19. The number of rotatable bonds is 5. The monoisotopic (exact) mass is 366 g/mol. The van der Waals surface area contributed by atoms with Crippen molar-refractivity contribution in [2.45, 2.75) is 32.2 Å². The largest absolute Gasteiger partial charge is 0.496 e. The molecule has 0 unspecified atom stereocenters. The molecule has 1 heterocycles. The minimum atomic E-state index is -0.0770. The highest BCUT2D eigenvalue weighted by molar-refractivity contribution is 5.80. The van der Waals surface area contributed by atoms with E-state index in [1.54, 1.807) is 7.11 Å². The van der Waals surface area contributed by atoms with Crippen molar-refractivity contribution >= 4 is 11.8 Å². The Kier molecular flexibility index (Phi) is 5.79. The minimum Gasteiger partial charge on any atom is -0.496 e. The summed E-state index contributed by atoms with van der Waals surface area (Å²) in [5.41, 5.74) is 3.21. The van der Waals surface area contributed by atoms with Crippen LogP contribution in [0, 0.1) is 6.92 Å². The van der Waals surface area contributed by atoms with Gasteiger partial charge in [-0.05, 0) is 18.6 Å².